The lowest BCUT2D eigenvalue weighted by Gasteiger charge is -2.11. The Hall–Kier alpha value is -2.57. The van der Waals surface area contributed by atoms with E-state index >= 15 is 0 Å². The molecular formula is C21H25F3N2O2. The van der Waals surface area contributed by atoms with E-state index in [2.05, 4.69) is 24.0 Å². The van der Waals surface area contributed by atoms with Gasteiger partial charge in [0.1, 0.15) is 0 Å². The molecule has 28 heavy (non-hydrogen) atoms. The van der Waals surface area contributed by atoms with Gasteiger partial charge in [-0.25, -0.2) is 0 Å². The number of aromatic nitrogens is 2. The standard InChI is InChI=1S/C21H25F3N2O2/c1-3-5-12-27-19-15-18(25-26-20(19)28-13-6-4-2)11-10-16-8-7-9-17(14-16)21(22,23)24/h7-11,14-15H,3-6,12-13H2,1-2H3/b11-10+. The quantitative estimate of drug-likeness (QED) is 0.462. The third kappa shape index (κ3) is 6.87. The van der Waals surface area contributed by atoms with Gasteiger partial charge in [0.2, 0.25) is 0 Å². The molecule has 152 valence electrons. The van der Waals surface area contributed by atoms with E-state index < -0.39 is 11.7 Å². The van der Waals surface area contributed by atoms with Gasteiger partial charge in [0, 0.05) is 6.07 Å². The molecule has 0 spiro atoms. The summed E-state index contributed by atoms with van der Waals surface area (Å²) < 4.78 is 49.9. The summed E-state index contributed by atoms with van der Waals surface area (Å²) in [5.41, 5.74) is 0.212. The van der Waals surface area contributed by atoms with Crippen molar-refractivity contribution in [2.75, 3.05) is 13.2 Å². The summed E-state index contributed by atoms with van der Waals surface area (Å²) in [7, 11) is 0. The highest BCUT2D eigenvalue weighted by Crippen LogP contribution is 2.30. The molecule has 0 N–H and O–H groups in total. The van der Waals surface area contributed by atoms with Gasteiger partial charge in [0.15, 0.2) is 5.75 Å². The lowest BCUT2D eigenvalue weighted by atomic mass is 10.1. The van der Waals surface area contributed by atoms with Crippen molar-refractivity contribution in [2.24, 2.45) is 0 Å². The van der Waals surface area contributed by atoms with E-state index in [-0.39, 0.29) is 0 Å². The van der Waals surface area contributed by atoms with Crippen molar-refractivity contribution in [1.82, 2.24) is 10.2 Å². The molecule has 2 aromatic rings. The molecule has 1 aromatic carbocycles. The monoisotopic (exact) mass is 394 g/mol. The van der Waals surface area contributed by atoms with Crippen molar-refractivity contribution in [2.45, 2.75) is 45.7 Å². The molecule has 0 aliphatic heterocycles. The van der Waals surface area contributed by atoms with Crippen LogP contribution in [0.1, 0.15) is 56.4 Å². The zero-order chi connectivity index (χ0) is 20.4. The second-order valence-electron chi connectivity index (χ2n) is 6.30. The van der Waals surface area contributed by atoms with Gasteiger partial charge in [-0.15, -0.1) is 10.2 Å². The van der Waals surface area contributed by atoms with E-state index in [0.717, 1.165) is 37.8 Å². The normalized spacial score (nSPS) is 11.8. The van der Waals surface area contributed by atoms with Gasteiger partial charge in [0.25, 0.3) is 5.88 Å². The van der Waals surface area contributed by atoms with Crippen LogP contribution < -0.4 is 9.47 Å². The largest absolute Gasteiger partial charge is 0.488 e. The Morgan fingerprint density at radius 2 is 1.64 bits per heavy atom. The average Bonchev–Trinajstić information content (AvgIpc) is 2.67. The molecule has 0 aliphatic carbocycles. The number of halogens is 3. The Morgan fingerprint density at radius 1 is 0.929 bits per heavy atom. The lowest BCUT2D eigenvalue weighted by molar-refractivity contribution is -0.137. The summed E-state index contributed by atoms with van der Waals surface area (Å²) in [5.74, 6) is 0.823. The smallest absolute Gasteiger partial charge is 0.416 e. The van der Waals surface area contributed by atoms with Crippen molar-refractivity contribution < 1.29 is 22.6 Å². The predicted octanol–water partition coefficient (Wildman–Crippen LogP) is 6.02. The van der Waals surface area contributed by atoms with Crippen molar-refractivity contribution >= 4 is 12.2 Å². The minimum Gasteiger partial charge on any atom is -0.488 e. The number of unbranched alkanes of at least 4 members (excludes halogenated alkanes) is 2. The van der Waals surface area contributed by atoms with Crippen molar-refractivity contribution in [1.29, 1.82) is 0 Å². The molecule has 7 heteroatoms. The molecule has 0 atom stereocenters. The van der Waals surface area contributed by atoms with E-state index in [1.54, 1.807) is 24.3 Å². The third-order valence-electron chi connectivity index (χ3n) is 3.90. The summed E-state index contributed by atoms with van der Waals surface area (Å²) in [4.78, 5) is 0. The summed E-state index contributed by atoms with van der Waals surface area (Å²) >= 11 is 0. The first-order chi connectivity index (χ1) is 13.4. The molecule has 0 fully saturated rings. The van der Waals surface area contributed by atoms with Gasteiger partial charge in [-0.2, -0.15) is 13.2 Å². The molecule has 0 amide bonds. The first-order valence-electron chi connectivity index (χ1n) is 9.42. The molecule has 0 radical (unpaired) electrons. The van der Waals surface area contributed by atoms with Crippen LogP contribution in [0.25, 0.3) is 12.2 Å². The summed E-state index contributed by atoms with van der Waals surface area (Å²) in [6, 6.07) is 6.79. The first kappa shape index (κ1) is 21.7. The van der Waals surface area contributed by atoms with Gasteiger partial charge in [0.05, 0.1) is 24.5 Å². The maximum atomic E-state index is 12.8. The molecule has 0 saturated heterocycles. The molecular weight excluding hydrogens is 369 g/mol. The summed E-state index contributed by atoms with van der Waals surface area (Å²) in [5, 5.41) is 8.14. The van der Waals surface area contributed by atoms with Crippen molar-refractivity contribution in [3.05, 3.63) is 47.2 Å². The van der Waals surface area contributed by atoms with E-state index in [4.69, 9.17) is 9.47 Å². The highest BCUT2D eigenvalue weighted by atomic mass is 19.4. The Bertz CT molecular complexity index is 776. The fourth-order valence-electron chi connectivity index (χ4n) is 2.30. The number of hydrogen-bond acceptors (Lipinski definition) is 4. The van der Waals surface area contributed by atoms with Gasteiger partial charge in [-0.1, -0.05) is 44.9 Å². The van der Waals surface area contributed by atoms with Crippen LogP contribution in [-0.4, -0.2) is 23.4 Å². The molecule has 1 aromatic heterocycles. The van der Waals surface area contributed by atoms with E-state index in [1.165, 1.54) is 6.07 Å². The first-order valence-corrected chi connectivity index (χ1v) is 9.42. The van der Waals surface area contributed by atoms with Crippen LogP contribution in [0.2, 0.25) is 0 Å². The maximum absolute atomic E-state index is 12.8. The maximum Gasteiger partial charge on any atom is 0.416 e. The Labute approximate surface area is 163 Å². The van der Waals surface area contributed by atoms with E-state index in [1.807, 2.05) is 0 Å². The van der Waals surface area contributed by atoms with E-state index in [0.29, 0.717) is 36.1 Å². The van der Waals surface area contributed by atoms with Crippen LogP contribution in [0.5, 0.6) is 11.6 Å². The highest BCUT2D eigenvalue weighted by Gasteiger charge is 2.30. The second-order valence-corrected chi connectivity index (χ2v) is 6.30. The Morgan fingerprint density at radius 3 is 2.32 bits per heavy atom. The zero-order valence-electron chi connectivity index (χ0n) is 16.1. The number of rotatable bonds is 10. The number of hydrogen-bond donors (Lipinski definition) is 0. The molecule has 4 nitrogen and oxygen atoms in total. The number of alkyl halides is 3. The van der Waals surface area contributed by atoms with Crippen LogP contribution in [0.4, 0.5) is 13.2 Å². The summed E-state index contributed by atoms with van der Waals surface area (Å²) in [6.45, 7) is 5.18. The molecule has 0 bridgehead atoms. The van der Waals surface area contributed by atoms with Crippen LogP contribution in [0, 0.1) is 0 Å². The molecule has 0 aliphatic rings. The van der Waals surface area contributed by atoms with Crippen molar-refractivity contribution in [3.8, 4) is 11.6 Å². The summed E-state index contributed by atoms with van der Waals surface area (Å²) in [6.07, 6.45) is 2.57. The third-order valence-corrected chi connectivity index (χ3v) is 3.90. The Balaban J connectivity index is 2.18. The van der Waals surface area contributed by atoms with Gasteiger partial charge >= 0.3 is 6.18 Å². The molecule has 0 saturated carbocycles. The van der Waals surface area contributed by atoms with Gasteiger partial charge in [-0.05, 0) is 36.6 Å². The number of benzene rings is 1. The lowest BCUT2D eigenvalue weighted by Crippen LogP contribution is -2.05. The molecule has 0 unspecified atom stereocenters. The topological polar surface area (TPSA) is 44.2 Å². The average molecular weight is 394 g/mol. The fraction of sp³-hybridized carbons (Fsp3) is 0.429. The number of ether oxygens (including phenoxy) is 2. The molecule has 2 rings (SSSR count). The fourth-order valence-corrected chi connectivity index (χ4v) is 2.30. The minimum absolute atomic E-state index is 0.334. The predicted molar refractivity (Wildman–Crippen MR) is 103 cm³/mol. The van der Waals surface area contributed by atoms with Crippen molar-refractivity contribution in [3.63, 3.8) is 0 Å². The second kappa shape index (κ2) is 10.7. The van der Waals surface area contributed by atoms with E-state index in [9.17, 15) is 13.2 Å². The SMILES string of the molecule is CCCCOc1cc(/C=C/c2cccc(C(F)(F)F)c2)nnc1OCCCC. The zero-order valence-corrected chi connectivity index (χ0v) is 16.1. The van der Waals surface area contributed by atoms with Crippen LogP contribution in [0.3, 0.4) is 0 Å². The minimum atomic E-state index is -4.37. The Kier molecular flexibility index (Phi) is 8.29. The van der Waals surface area contributed by atoms with Crippen LogP contribution in [0.15, 0.2) is 30.3 Å². The van der Waals surface area contributed by atoms with Gasteiger partial charge in [-0.3, -0.25) is 0 Å². The highest BCUT2D eigenvalue weighted by molar-refractivity contribution is 5.68. The molecule has 1 heterocycles. The van der Waals surface area contributed by atoms with Gasteiger partial charge < -0.3 is 9.47 Å². The van der Waals surface area contributed by atoms with Crippen LogP contribution >= 0.6 is 0 Å². The van der Waals surface area contributed by atoms with Crippen LogP contribution in [-0.2, 0) is 6.18 Å². The number of nitrogens with zero attached hydrogens (tertiary/aromatic N) is 2.